The lowest BCUT2D eigenvalue weighted by Gasteiger charge is -2.25. The molecule has 0 aliphatic rings. The van der Waals surface area contributed by atoms with Gasteiger partial charge in [0, 0.05) is 20.3 Å². The first-order chi connectivity index (χ1) is 10.6. The molecule has 22 heavy (non-hydrogen) atoms. The van der Waals surface area contributed by atoms with Crippen LogP contribution in [0.5, 0.6) is 0 Å². The summed E-state index contributed by atoms with van der Waals surface area (Å²) in [5, 5.41) is 9.38. The number of nitrogens with zero attached hydrogens (tertiary/aromatic N) is 4. The number of aryl methyl sites for hydroxylation is 1. The maximum Gasteiger partial charge on any atom is 0.156 e. The van der Waals surface area contributed by atoms with Crippen molar-refractivity contribution in [3.8, 4) is 6.07 Å². The molecule has 1 heterocycles. The number of hydrogen-bond acceptors (Lipinski definition) is 4. The van der Waals surface area contributed by atoms with Crippen LogP contribution in [0.4, 0.5) is 17.2 Å². The van der Waals surface area contributed by atoms with Gasteiger partial charge >= 0.3 is 0 Å². The van der Waals surface area contributed by atoms with Crippen molar-refractivity contribution in [2.45, 2.75) is 13.3 Å². The van der Waals surface area contributed by atoms with Crippen LogP contribution in [0.2, 0.25) is 0 Å². The molecular formula is C18H20N4. The van der Waals surface area contributed by atoms with Crippen molar-refractivity contribution < 1.29 is 0 Å². The number of rotatable bonds is 5. The van der Waals surface area contributed by atoms with E-state index >= 15 is 0 Å². The average molecular weight is 292 g/mol. The lowest BCUT2D eigenvalue weighted by atomic mass is 10.1. The Labute approximate surface area is 131 Å². The zero-order chi connectivity index (χ0) is 16.1. The predicted molar refractivity (Wildman–Crippen MR) is 91.4 cm³/mol. The van der Waals surface area contributed by atoms with Gasteiger partial charge in [0.05, 0.1) is 16.9 Å². The average Bonchev–Trinajstić information content (AvgIpc) is 2.59. The molecule has 0 saturated heterocycles. The molecule has 0 aliphatic heterocycles. The van der Waals surface area contributed by atoms with Crippen molar-refractivity contribution in [2.24, 2.45) is 0 Å². The van der Waals surface area contributed by atoms with Crippen molar-refractivity contribution in [1.82, 2.24) is 4.98 Å². The Hall–Kier alpha value is -2.80. The van der Waals surface area contributed by atoms with Gasteiger partial charge in [-0.15, -0.1) is 0 Å². The highest BCUT2D eigenvalue weighted by Crippen LogP contribution is 2.33. The minimum atomic E-state index is 0.637. The van der Waals surface area contributed by atoms with Crippen LogP contribution in [0.3, 0.4) is 0 Å². The molecule has 2 aromatic rings. The van der Waals surface area contributed by atoms with E-state index < -0.39 is 0 Å². The second kappa shape index (κ2) is 6.77. The van der Waals surface area contributed by atoms with Crippen LogP contribution in [0, 0.1) is 11.3 Å². The van der Waals surface area contributed by atoms with E-state index in [-0.39, 0.29) is 0 Å². The molecule has 1 aromatic carbocycles. The summed E-state index contributed by atoms with van der Waals surface area (Å²) < 4.78 is 0. The third kappa shape index (κ3) is 2.94. The molecule has 2 rings (SSSR count). The minimum absolute atomic E-state index is 0.637. The molecule has 0 N–H and O–H groups in total. The van der Waals surface area contributed by atoms with E-state index in [1.807, 2.05) is 54.2 Å². The molecule has 0 amide bonds. The molecule has 0 radical (unpaired) electrons. The number of hydrogen-bond donors (Lipinski definition) is 0. The van der Waals surface area contributed by atoms with Crippen molar-refractivity contribution in [1.29, 1.82) is 5.26 Å². The largest absolute Gasteiger partial charge is 0.349 e. The van der Waals surface area contributed by atoms with Gasteiger partial charge in [0.1, 0.15) is 6.07 Å². The van der Waals surface area contributed by atoms with Crippen LogP contribution < -0.4 is 9.80 Å². The van der Waals surface area contributed by atoms with E-state index in [0.717, 1.165) is 23.6 Å². The second-order valence-corrected chi connectivity index (χ2v) is 5.02. The summed E-state index contributed by atoms with van der Waals surface area (Å²) >= 11 is 0. The zero-order valence-electron chi connectivity index (χ0n) is 13.2. The van der Waals surface area contributed by atoms with Crippen LogP contribution in [0.25, 0.3) is 0 Å². The van der Waals surface area contributed by atoms with Gasteiger partial charge in [-0.3, -0.25) is 0 Å². The van der Waals surface area contributed by atoms with Crippen LogP contribution >= 0.6 is 0 Å². The van der Waals surface area contributed by atoms with Gasteiger partial charge in [0.25, 0.3) is 0 Å². The molecule has 0 aliphatic carbocycles. The van der Waals surface area contributed by atoms with Gasteiger partial charge in [-0.05, 0) is 42.4 Å². The Morgan fingerprint density at radius 1 is 1.27 bits per heavy atom. The van der Waals surface area contributed by atoms with E-state index in [9.17, 15) is 5.26 Å². The summed E-state index contributed by atoms with van der Waals surface area (Å²) in [5.41, 5.74) is 3.62. The minimum Gasteiger partial charge on any atom is -0.349 e. The quantitative estimate of drug-likeness (QED) is 0.839. The summed E-state index contributed by atoms with van der Waals surface area (Å²) in [4.78, 5) is 8.34. The first kappa shape index (κ1) is 15.6. The highest BCUT2D eigenvalue weighted by Gasteiger charge is 2.15. The highest BCUT2D eigenvalue weighted by atomic mass is 15.2. The molecular weight excluding hydrogens is 272 g/mol. The lowest BCUT2D eigenvalue weighted by Crippen LogP contribution is -2.18. The number of anilines is 3. The fraction of sp³-hybridized carbons (Fsp3) is 0.222. The van der Waals surface area contributed by atoms with Gasteiger partial charge in [-0.1, -0.05) is 19.6 Å². The molecule has 0 bridgehead atoms. The third-order valence-electron chi connectivity index (χ3n) is 3.69. The zero-order valence-corrected chi connectivity index (χ0v) is 13.2. The summed E-state index contributed by atoms with van der Waals surface area (Å²) in [5.74, 6) is 0.787. The van der Waals surface area contributed by atoms with Crippen molar-refractivity contribution in [3.05, 3.63) is 60.4 Å². The molecule has 1 aromatic heterocycles. The Morgan fingerprint density at radius 3 is 2.68 bits per heavy atom. The van der Waals surface area contributed by atoms with Crippen LogP contribution in [-0.4, -0.2) is 19.1 Å². The number of benzene rings is 1. The Bertz CT molecular complexity index is 715. The molecule has 112 valence electrons. The third-order valence-corrected chi connectivity index (χ3v) is 3.69. The SMILES string of the molecule is C=CN(C)c1cccnc1N(C)c1cc(CC)ccc1C#N. The Kier molecular flexibility index (Phi) is 4.80. The summed E-state index contributed by atoms with van der Waals surface area (Å²) in [6.07, 6.45) is 4.41. The smallest absolute Gasteiger partial charge is 0.156 e. The number of pyridine rings is 1. The predicted octanol–water partition coefficient (Wildman–Crippen LogP) is 3.86. The highest BCUT2D eigenvalue weighted by molar-refractivity contribution is 5.76. The lowest BCUT2D eigenvalue weighted by molar-refractivity contribution is 1.07. The normalized spacial score (nSPS) is 9.91. The summed E-state index contributed by atoms with van der Waals surface area (Å²) in [6, 6.07) is 12.0. The number of nitriles is 1. The monoisotopic (exact) mass is 292 g/mol. The summed E-state index contributed by atoms with van der Waals surface area (Å²) in [7, 11) is 3.85. The Morgan fingerprint density at radius 2 is 2.05 bits per heavy atom. The van der Waals surface area contributed by atoms with E-state index in [0.29, 0.717) is 5.56 Å². The maximum absolute atomic E-state index is 9.38. The first-order valence-corrected chi connectivity index (χ1v) is 7.19. The molecule has 4 heteroatoms. The van der Waals surface area contributed by atoms with Crippen LogP contribution in [0.1, 0.15) is 18.1 Å². The molecule has 4 nitrogen and oxygen atoms in total. The molecule has 0 unspecified atom stereocenters. The first-order valence-electron chi connectivity index (χ1n) is 7.19. The number of aromatic nitrogens is 1. The standard InChI is InChI=1S/C18H20N4/c1-5-14-9-10-15(13-19)17(12-14)22(4)18-16(21(3)6-2)8-7-11-20-18/h6-12H,2,5H2,1,3-4H3. The van der Waals surface area contributed by atoms with E-state index in [1.165, 1.54) is 5.56 Å². The van der Waals surface area contributed by atoms with Gasteiger partial charge in [0.15, 0.2) is 5.82 Å². The second-order valence-electron chi connectivity index (χ2n) is 5.02. The van der Waals surface area contributed by atoms with Crippen LogP contribution in [0.15, 0.2) is 49.3 Å². The molecule has 0 atom stereocenters. The fourth-order valence-electron chi connectivity index (χ4n) is 2.30. The summed E-state index contributed by atoms with van der Waals surface area (Å²) in [6.45, 7) is 5.90. The topological polar surface area (TPSA) is 43.2 Å². The van der Waals surface area contributed by atoms with Crippen molar-refractivity contribution in [2.75, 3.05) is 23.9 Å². The Balaban J connectivity index is 2.55. The van der Waals surface area contributed by atoms with Gasteiger partial charge < -0.3 is 9.80 Å². The fourth-order valence-corrected chi connectivity index (χ4v) is 2.30. The van der Waals surface area contributed by atoms with Crippen molar-refractivity contribution >= 4 is 17.2 Å². The van der Waals surface area contributed by atoms with Gasteiger partial charge in [0.2, 0.25) is 0 Å². The molecule has 0 fully saturated rings. The van der Waals surface area contributed by atoms with E-state index in [4.69, 9.17) is 0 Å². The molecule has 0 spiro atoms. The van der Waals surface area contributed by atoms with E-state index in [2.05, 4.69) is 24.6 Å². The van der Waals surface area contributed by atoms with E-state index in [1.54, 1.807) is 12.4 Å². The van der Waals surface area contributed by atoms with Crippen molar-refractivity contribution in [3.63, 3.8) is 0 Å². The molecule has 0 saturated carbocycles. The van der Waals surface area contributed by atoms with Gasteiger partial charge in [-0.2, -0.15) is 5.26 Å². The maximum atomic E-state index is 9.38. The van der Waals surface area contributed by atoms with Gasteiger partial charge in [-0.25, -0.2) is 4.98 Å². The van der Waals surface area contributed by atoms with Crippen LogP contribution in [-0.2, 0) is 6.42 Å².